The Hall–Kier alpha value is -4.52. The molecule has 7 nitrogen and oxygen atoms in total. The molecule has 4 aromatic carbocycles. The van der Waals surface area contributed by atoms with Crippen molar-refractivity contribution in [1.82, 2.24) is 0 Å². The molecular formula is C28H16F10O7S2. The molecule has 0 aromatic heterocycles. The van der Waals surface area contributed by atoms with Crippen LogP contribution in [0.5, 0.6) is 34.5 Å². The third-order valence-corrected chi connectivity index (χ3v) is 9.56. The van der Waals surface area contributed by atoms with Gasteiger partial charge in [0.2, 0.25) is 0 Å². The molecule has 47 heavy (non-hydrogen) atoms. The summed E-state index contributed by atoms with van der Waals surface area (Å²) < 4.78 is 192. The molecule has 19 heteroatoms. The number of benzene rings is 4. The number of hydrogen-bond acceptors (Lipinski definition) is 7. The van der Waals surface area contributed by atoms with E-state index >= 15 is 0 Å². The van der Waals surface area contributed by atoms with E-state index in [4.69, 9.17) is 14.2 Å². The Labute approximate surface area is 258 Å². The van der Waals surface area contributed by atoms with Crippen molar-refractivity contribution in [2.24, 2.45) is 0 Å². The van der Waals surface area contributed by atoms with Crippen molar-refractivity contribution in [2.75, 3.05) is 0 Å². The third kappa shape index (κ3) is 7.09. The largest absolute Gasteiger partial charge is 0.469 e. The van der Waals surface area contributed by atoms with Crippen LogP contribution in [0.1, 0.15) is 0 Å². The quantitative estimate of drug-likeness (QED) is 0.151. The van der Waals surface area contributed by atoms with Gasteiger partial charge in [0.05, 0.1) is 9.79 Å². The second-order valence-corrected chi connectivity index (χ2v) is 13.2. The van der Waals surface area contributed by atoms with Crippen molar-refractivity contribution in [1.29, 1.82) is 0 Å². The van der Waals surface area contributed by atoms with E-state index in [0.29, 0.717) is 24.3 Å². The van der Waals surface area contributed by atoms with Gasteiger partial charge in [-0.05, 0) is 97.1 Å². The lowest BCUT2D eigenvalue weighted by Gasteiger charge is -2.19. The molecule has 0 amide bonds. The van der Waals surface area contributed by atoms with Crippen LogP contribution in [0.15, 0.2) is 107 Å². The van der Waals surface area contributed by atoms with Crippen molar-refractivity contribution in [3.05, 3.63) is 97.1 Å². The monoisotopic (exact) mass is 718 g/mol. The van der Waals surface area contributed by atoms with Crippen LogP contribution < -0.4 is 14.2 Å². The summed E-state index contributed by atoms with van der Waals surface area (Å²) in [4.78, 5) is -2.54. The molecule has 0 fully saturated rings. The van der Waals surface area contributed by atoms with Crippen LogP contribution in [0.4, 0.5) is 43.9 Å². The van der Waals surface area contributed by atoms with E-state index in [0.717, 1.165) is 24.3 Å². The Morgan fingerprint density at radius 2 is 0.511 bits per heavy atom. The minimum atomic E-state index is -6.32. The zero-order valence-corrected chi connectivity index (χ0v) is 24.3. The predicted molar refractivity (Wildman–Crippen MR) is 142 cm³/mol. The summed E-state index contributed by atoms with van der Waals surface area (Å²) in [6, 6.07) is 17.0. The zero-order valence-electron chi connectivity index (χ0n) is 22.7. The molecule has 0 heterocycles. The molecule has 0 N–H and O–H groups in total. The molecule has 4 aromatic rings. The molecule has 0 bridgehead atoms. The van der Waals surface area contributed by atoms with E-state index in [2.05, 4.69) is 0 Å². The van der Waals surface area contributed by atoms with Crippen LogP contribution in [-0.4, -0.2) is 39.7 Å². The van der Waals surface area contributed by atoms with E-state index in [1.165, 1.54) is 48.5 Å². The Kier molecular flexibility index (Phi) is 9.21. The molecular weight excluding hydrogens is 702 g/mol. The lowest BCUT2D eigenvalue weighted by molar-refractivity contribution is -0.241. The molecule has 0 aliphatic carbocycles. The van der Waals surface area contributed by atoms with Crippen LogP contribution in [0.3, 0.4) is 0 Å². The van der Waals surface area contributed by atoms with Crippen LogP contribution in [0, 0.1) is 0 Å². The number of halogens is 10. The van der Waals surface area contributed by atoms with Crippen LogP contribution >= 0.6 is 0 Å². The van der Waals surface area contributed by atoms with E-state index in [9.17, 15) is 60.7 Å². The lowest BCUT2D eigenvalue weighted by atomic mass is 10.3. The van der Waals surface area contributed by atoms with Gasteiger partial charge in [0.15, 0.2) is 0 Å². The Bertz CT molecular complexity index is 1780. The van der Waals surface area contributed by atoms with E-state index in [1.54, 1.807) is 0 Å². The molecule has 0 atom stereocenters. The first-order valence-electron chi connectivity index (χ1n) is 12.4. The first-order valence-corrected chi connectivity index (χ1v) is 15.3. The molecule has 0 aliphatic heterocycles. The van der Waals surface area contributed by atoms with Gasteiger partial charge in [-0.1, -0.05) is 0 Å². The standard InChI is InChI=1S/C28H16F10O7S2/c29-25(30,31)27(35,36)46(39,40)23-13-9-21(10-14-23)44-19-5-1-17(2-6-19)43-18-3-7-20(8-4-18)45-22-11-15-24(16-12-22)47(41,42)28(37,38)26(32,33)34/h1-16H. The van der Waals surface area contributed by atoms with E-state index in [1.807, 2.05) is 0 Å². The zero-order chi connectivity index (χ0) is 35.1. The molecule has 4 rings (SSSR count). The number of ether oxygens (including phenoxy) is 3. The van der Waals surface area contributed by atoms with Gasteiger partial charge in [0.25, 0.3) is 19.7 Å². The summed E-state index contributed by atoms with van der Waals surface area (Å²) in [5.41, 5.74) is 0. The van der Waals surface area contributed by atoms with Gasteiger partial charge in [-0.15, -0.1) is 0 Å². The van der Waals surface area contributed by atoms with Gasteiger partial charge in [0, 0.05) is 0 Å². The Morgan fingerprint density at radius 3 is 0.681 bits per heavy atom. The fraction of sp³-hybridized carbons (Fsp3) is 0.143. The smallest absolute Gasteiger partial charge is 0.457 e. The summed E-state index contributed by atoms with van der Waals surface area (Å²) in [7, 11) is -12.1. The summed E-state index contributed by atoms with van der Waals surface area (Å²) in [5, 5.41) is -12.0. The van der Waals surface area contributed by atoms with Gasteiger partial charge >= 0.3 is 22.9 Å². The molecule has 0 saturated heterocycles. The van der Waals surface area contributed by atoms with Crippen LogP contribution in [0.25, 0.3) is 0 Å². The van der Waals surface area contributed by atoms with Crippen molar-refractivity contribution >= 4 is 19.7 Å². The highest BCUT2D eigenvalue weighted by Crippen LogP contribution is 2.44. The fourth-order valence-corrected chi connectivity index (χ4v) is 5.72. The first-order chi connectivity index (χ1) is 21.6. The Morgan fingerprint density at radius 1 is 0.340 bits per heavy atom. The molecule has 0 aliphatic rings. The van der Waals surface area contributed by atoms with Gasteiger partial charge in [-0.2, -0.15) is 43.9 Å². The molecule has 0 spiro atoms. The van der Waals surface area contributed by atoms with Gasteiger partial charge in [-0.25, -0.2) is 16.8 Å². The summed E-state index contributed by atoms with van der Waals surface area (Å²) in [6.07, 6.45) is -12.6. The number of alkyl halides is 10. The normalized spacial score (nSPS) is 13.2. The minimum Gasteiger partial charge on any atom is -0.457 e. The highest BCUT2D eigenvalue weighted by molar-refractivity contribution is 7.92. The third-order valence-electron chi connectivity index (χ3n) is 5.96. The number of sulfone groups is 2. The second kappa shape index (κ2) is 12.3. The highest BCUT2D eigenvalue weighted by Gasteiger charge is 2.68. The summed E-state index contributed by atoms with van der Waals surface area (Å²) in [5.74, 6) is 0.679. The van der Waals surface area contributed by atoms with Crippen LogP contribution in [0.2, 0.25) is 0 Å². The SMILES string of the molecule is O=S(=O)(c1ccc(Oc2ccc(Oc3ccc(Oc4ccc(S(=O)(=O)C(F)(F)C(F)(F)F)cc4)cc3)cc2)cc1)C(F)(F)C(F)(F)F. The predicted octanol–water partition coefficient (Wildman–Crippen LogP) is 8.92. The van der Waals surface area contributed by atoms with Crippen molar-refractivity contribution in [3.63, 3.8) is 0 Å². The van der Waals surface area contributed by atoms with Crippen molar-refractivity contribution in [2.45, 2.75) is 32.7 Å². The summed E-state index contributed by atoms with van der Waals surface area (Å²) >= 11 is 0. The average Bonchev–Trinajstić information content (AvgIpc) is 2.98. The molecule has 0 radical (unpaired) electrons. The van der Waals surface area contributed by atoms with Crippen molar-refractivity contribution < 1.29 is 75.0 Å². The first kappa shape index (κ1) is 35.3. The molecule has 0 unspecified atom stereocenters. The van der Waals surface area contributed by atoms with E-state index < -0.39 is 52.3 Å². The Balaban J connectivity index is 1.35. The maximum atomic E-state index is 13.4. The maximum absolute atomic E-state index is 13.4. The van der Waals surface area contributed by atoms with E-state index in [-0.39, 0.29) is 34.5 Å². The molecule has 252 valence electrons. The summed E-state index contributed by atoms with van der Waals surface area (Å²) in [6.45, 7) is 0. The van der Waals surface area contributed by atoms with Gasteiger partial charge in [-0.3, -0.25) is 0 Å². The average molecular weight is 719 g/mol. The van der Waals surface area contributed by atoms with Gasteiger partial charge < -0.3 is 14.2 Å². The highest BCUT2D eigenvalue weighted by atomic mass is 32.2. The lowest BCUT2D eigenvalue weighted by Crippen LogP contribution is -2.43. The van der Waals surface area contributed by atoms with Crippen LogP contribution in [-0.2, 0) is 19.7 Å². The minimum absolute atomic E-state index is 0.0842. The maximum Gasteiger partial charge on any atom is 0.469 e. The molecule has 0 saturated carbocycles. The topological polar surface area (TPSA) is 96.0 Å². The van der Waals surface area contributed by atoms with Crippen molar-refractivity contribution in [3.8, 4) is 34.5 Å². The van der Waals surface area contributed by atoms with Gasteiger partial charge in [0.1, 0.15) is 34.5 Å². The second-order valence-electron chi connectivity index (χ2n) is 9.23. The number of rotatable bonds is 10. The fourth-order valence-electron chi connectivity index (χ4n) is 3.53. The number of hydrogen-bond donors (Lipinski definition) is 0.